The van der Waals surface area contributed by atoms with Gasteiger partial charge in [0, 0.05) is 6.54 Å². The molecule has 21 heavy (non-hydrogen) atoms. The summed E-state index contributed by atoms with van der Waals surface area (Å²) in [6, 6.07) is 17.0. The van der Waals surface area contributed by atoms with E-state index in [1.54, 1.807) is 12.1 Å². The fraction of sp³-hybridized carbons (Fsp3) is 0.250. The minimum atomic E-state index is -0.224. The van der Waals surface area contributed by atoms with E-state index in [1.807, 2.05) is 29.3 Å². The second-order valence-corrected chi connectivity index (χ2v) is 5.50. The summed E-state index contributed by atoms with van der Waals surface area (Å²) in [5.74, 6) is -0.224. The molecule has 0 radical (unpaired) electrons. The Labute approximate surface area is 129 Å². The summed E-state index contributed by atoms with van der Waals surface area (Å²) < 4.78 is 13.4. The van der Waals surface area contributed by atoms with Crippen molar-refractivity contribution in [3.63, 3.8) is 0 Å². The summed E-state index contributed by atoms with van der Waals surface area (Å²) in [7, 11) is 0. The van der Waals surface area contributed by atoms with E-state index in [4.69, 9.17) is 0 Å². The molecule has 2 aromatic rings. The lowest BCUT2D eigenvalue weighted by atomic mass is 10.1. The van der Waals surface area contributed by atoms with Crippen molar-refractivity contribution >= 4 is 18.3 Å². The van der Waals surface area contributed by atoms with Crippen molar-refractivity contribution in [3.05, 3.63) is 66.0 Å². The second-order valence-electron chi connectivity index (χ2n) is 5.01. The number of nitrogens with one attached hydrogen (secondary N) is 1. The highest BCUT2D eigenvalue weighted by atomic mass is 32.1. The molecule has 1 aliphatic heterocycles. The number of hydrazine groups is 1. The van der Waals surface area contributed by atoms with Crippen molar-refractivity contribution in [1.82, 2.24) is 10.3 Å². The average Bonchev–Trinajstić information content (AvgIpc) is 2.87. The summed E-state index contributed by atoms with van der Waals surface area (Å²) >= 11 is 4.55. The average molecular weight is 303 g/mol. The molecule has 3 nitrogen and oxygen atoms in total. The molecule has 1 unspecified atom stereocenters. The van der Waals surface area contributed by atoms with Crippen LogP contribution >= 0.6 is 12.6 Å². The minimum Gasteiger partial charge on any atom is -0.289 e. The molecule has 1 saturated heterocycles. The Balaban J connectivity index is 1.72. The smallest absolute Gasteiger partial charge is 0.125 e. The lowest BCUT2D eigenvalue weighted by molar-refractivity contribution is 0.289. The van der Waals surface area contributed by atoms with Crippen molar-refractivity contribution in [2.75, 3.05) is 18.2 Å². The van der Waals surface area contributed by atoms with E-state index in [0.717, 1.165) is 18.7 Å². The molecule has 2 aromatic carbocycles. The van der Waals surface area contributed by atoms with Crippen LogP contribution in [0.4, 0.5) is 10.1 Å². The molecule has 0 saturated carbocycles. The Morgan fingerprint density at radius 1 is 1.14 bits per heavy atom. The van der Waals surface area contributed by atoms with Crippen LogP contribution in [0, 0.1) is 5.82 Å². The maximum Gasteiger partial charge on any atom is 0.125 e. The van der Waals surface area contributed by atoms with E-state index >= 15 is 0 Å². The molecule has 0 aliphatic carbocycles. The molecule has 0 aromatic heterocycles. The first-order valence-corrected chi connectivity index (χ1v) is 7.51. The number of anilines is 1. The van der Waals surface area contributed by atoms with Gasteiger partial charge >= 0.3 is 0 Å². The molecule has 3 rings (SSSR count). The fourth-order valence-corrected chi connectivity index (χ4v) is 2.83. The van der Waals surface area contributed by atoms with Gasteiger partial charge in [0.25, 0.3) is 0 Å². The predicted molar refractivity (Wildman–Crippen MR) is 86.5 cm³/mol. The second kappa shape index (κ2) is 6.47. The summed E-state index contributed by atoms with van der Waals surface area (Å²) in [6.45, 7) is 1.45. The molecule has 110 valence electrons. The van der Waals surface area contributed by atoms with Crippen LogP contribution in [-0.2, 0) is 6.42 Å². The third-order valence-electron chi connectivity index (χ3n) is 3.59. The van der Waals surface area contributed by atoms with Gasteiger partial charge in [-0.15, -0.1) is 12.6 Å². The third-order valence-corrected chi connectivity index (χ3v) is 4.04. The van der Waals surface area contributed by atoms with Crippen molar-refractivity contribution in [3.8, 4) is 0 Å². The van der Waals surface area contributed by atoms with Gasteiger partial charge in [0.2, 0.25) is 0 Å². The molecule has 0 spiro atoms. The summed E-state index contributed by atoms with van der Waals surface area (Å²) in [6.07, 6.45) is 0.922. The van der Waals surface area contributed by atoms with Crippen LogP contribution in [0.3, 0.4) is 0 Å². The van der Waals surface area contributed by atoms with Gasteiger partial charge in [-0.05, 0) is 30.2 Å². The minimum absolute atomic E-state index is 0.0584. The molecule has 5 heteroatoms. The predicted octanol–water partition coefficient (Wildman–Crippen LogP) is 2.87. The van der Waals surface area contributed by atoms with E-state index in [0.29, 0.717) is 6.67 Å². The number of thiol groups is 1. The van der Waals surface area contributed by atoms with Crippen LogP contribution in [0.2, 0.25) is 0 Å². The highest BCUT2D eigenvalue weighted by Gasteiger charge is 2.28. The molecule has 0 bridgehead atoms. The van der Waals surface area contributed by atoms with Crippen LogP contribution in [0.5, 0.6) is 0 Å². The number of nitrogens with zero attached hydrogens (tertiary/aromatic N) is 2. The molecular formula is C16H18FN3S. The van der Waals surface area contributed by atoms with Crippen LogP contribution in [0.15, 0.2) is 54.6 Å². The van der Waals surface area contributed by atoms with Gasteiger partial charge in [-0.25, -0.2) is 4.39 Å². The Morgan fingerprint density at radius 3 is 2.71 bits per heavy atom. The quantitative estimate of drug-likeness (QED) is 0.847. The Hall–Kier alpha value is -1.56. The highest BCUT2D eigenvalue weighted by Crippen LogP contribution is 2.23. The third kappa shape index (κ3) is 3.37. The largest absolute Gasteiger partial charge is 0.289 e. The zero-order valence-electron chi connectivity index (χ0n) is 11.6. The zero-order chi connectivity index (χ0) is 14.7. The summed E-state index contributed by atoms with van der Waals surface area (Å²) in [5.41, 5.74) is 2.06. The van der Waals surface area contributed by atoms with Crippen LogP contribution in [-0.4, -0.2) is 23.7 Å². The van der Waals surface area contributed by atoms with E-state index in [9.17, 15) is 4.39 Å². The van der Waals surface area contributed by atoms with Gasteiger partial charge in [-0.3, -0.25) is 10.3 Å². The van der Waals surface area contributed by atoms with Gasteiger partial charge in [0.05, 0.1) is 12.4 Å². The first-order valence-electron chi connectivity index (χ1n) is 6.99. The molecular weight excluding hydrogens is 285 g/mol. The number of hydrogen-bond donors (Lipinski definition) is 2. The maximum absolute atomic E-state index is 13.4. The first kappa shape index (κ1) is 14.4. The number of rotatable bonds is 4. The summed E-state index contributed by atoms with van der Waals surface area (Å²) in [4.78, 5) is 0. The van der Waals surface area contributed by atoms with Crippen molar-refractivity contribution in [2.24, 2.45) is 0 Å². The van der Waals surface area contributed by atoms with Crippen LogP contribution < -0.4 is 10.3 Å². The first-order chi connectivity index (χ1) is 10.2. The van der Waals surface area contributed by atoms with E-state index in [1.165, 1.54) is 11.6 Å². The van der Waals surface area contributed by atoms with Gasteiger partial charge in [0.1, 0.15) is 11.3 Å². The zero-order valence-corrected chi connectivity index (χ0v) is 12.5. The lowest BCUT2D eigenvalue weighted by Crippen LogP contribution is -2.41. The van der Waals surface area contributed by atoms with Crippen molar-refractivity contribution < 1.29 is 4.39 Å². The Bertz CT molecular complexity index is 593. The van der Waals surface area contributed by atoms with Crippen LogP contribution in [0.25, 0.3) is 0 Å². The topological polar surface area (TPSA) is 18.5 Å². The molecule has 1 aliphatic rings. The van der Waals surface area contributed by atoms with Gasteiger partial charge in [0.15, 0.2) is 0 Å². The standard InChI is InChI=1S/C16H18FN3S/c17-14-7-4-8-15(11-14)20-12-18-16(21)19(20)10-9-13-5-2-1-3-6-13/h1-8,11,16,18,21H,9-10,12H2. The molecule has 1 fully saturated rings. The fourth-order valence-electron chi connectivity index (χ4n) is 2.50. The monoisotopic (exact) mass is 303 g/mol. The highest BCUT2D eigenvalue weighted by molar-refractivity contribution is 7.80. The van der Waals surface area contributed by atoms with Gasteiger partial charge in [-0.1, -0.05) is 36.4 Å². The van der Waals surface area contributed by atoms with Crippen molar-refractivity contribution in [1.29, 1.82) is 0 Å². The SMILES string of the molecule is Fc1cccc(N2CNC(S)N2CCc2ccccc2)c1. The number of hydrogen-bond acceptors (Lipinski definition) is 4. The molecule has 0 amide bonds. The molecule has 1 heterocycles. The van der Waals surface area contributed by atoms with Gasteiger partial charge in [-0.2, -0.15) is 5.01 Å². The van der Waals surface area contributed by atoms with E-state index in [2.05, 4.69) is 35.1 Å². The number of halogens is 1. The molecule has 1 atom stereocenters. The van der Waals surface area contributed by atoms with Gasteiger partial charge < -0.3 is 0 Å². The molecule has 1 N–H and O–H groups in total. The van der Waals surface area contributed by atoms with E-state index in [-0.39, 0.29) is 11.3 Å². The Morgan fingerprint density at radius 2 is 1.95 bits per heavy atom. The number of benzene rings is 2. The lowest BCUT2D eigenvalue weighted by Gasteiger charge is -2.30. The Kier molecular flexibility index (Phi) is 4.43. The van der Waals surface area contributed by atoms with Crippen LogP contribution in [0.1, 0.15) is 5.56 Å². The van der Waals surface area contributed by atoms with E-state index < -0.39 is 0 Å². The van der Waals surface area contributed by atoms with Crippen molar-refractivity contribution in [2.45, 2.75) is 11.9 Å². The summed E-state index contributed by atoms with van der Waals surface area (Å²) in [5, 5.41) is 7.41. The maximum atomic E-state index is 13.4. The normalized spacial score (nSPS) is 19.1.